The topological polar surface area (TPSA) is 54.5 Å². The molecule has 0 radical (unpaired) electrons. The summed E-state index contributed by atoms with van der Waals surface area (Å²) in [5.74, 6) is -1.25. The first-order valence-corrected chi connectivity index (χ1v) is 8.16. The summed E-state index contributed by atoms with van der Waals surface area (Å²) in [6, 6.07) is 2.78. The maximum Gasteiger partial charge on any atom is 0.417 e. The van der Waals surface area contributed by atoms with Gasteiger partial charge in [0.05, 0.1) is 16.3 Å². The van der Waals surface area contributed by atoms with Gasteiger partial charge < -0.3 is 4.90 Å². The molecule has 116 valence electrons. The van der Waals surface area contributed by atoms with Gasteiger partial charge in [-0.2, -0.15) is 13.2 Å². The zero-order chi connectivity index (χ0) is 15.8. The Morgan fingerprint density at radius 3 is 2.52 bits per heavy atom. The molecular weight excluding hydrogens is 331 g/mol. The molecule has 9 heteroatoms. The standard InChI is InChI=1S/C12H11ClF3NO3S/c13-10-3-2-8(6-9(10)12(14,15)16)11(18)17-4-1-5-21(19,20)7-17/h2-3,6H,1,4-5,7H2. The number of carbonyl (C=O) groups excluding carboxylic acids is 1. The van der Waals surface area contributed by atoms with E-state index in [9.17, 15) is 26.4 Å². The second-order valence-electron chi connectivity index (χ2n) is 4.69. The molecule has 4 nitrogen and oxygen atoms in total. The molecule has 1 fully saturated rings. The minimum atomic E-state index is -4.68. The Hall–Kier alpha value is -1.28. The smallest absolute Gasteiger partial charge is 0.324 e. The molecule has 1 amide bonds. The van der Waals surface area contributed by atoms with Gasteiger partial charge in [0.15, 0.2) is 9.84 Å². The van der Waals surface area contributed by atoms with Gasteiger partial charge in [-0.05, 0) is 24.6 Å². The Kier molecular flexibility index (Phi) is 4.21. The molecular formula is C12H11ClF3NO3S. The largest absolute Gasteiger partial charge is 0.417 e. The van der Waals surface area contributed by atoms with Crippen LogP contribution in [0.5, 0.6) is 0 Å². The van der Waals surface area contributed by atoms with E-state index in [1.807, 2.05) is 0 Å². The van der Waals surface area contributed by atoms with Gasteiger partial charge >= 0.3 is 6.18 Å². The summed E-state index contributed by atoms with van der Waals surface area (Å²) in [4.78, 5) is 13.2. The third kappa shape index (κ3) is 3.68. The molecule has 0 aromatic heterocycles. The van der Waals surface area contributed by atoms with Crippen LogP contribution in [0.15, 0.2) is 18.2 Å². The lowest BCUT2D eigenvalue weighted by Crippen LogP contribution is -2.41. The fraction of sp³-hybridized carbons (Fsp3) is 0.417. The molecule has 0 spiro atoms. The normalized spacial score (nSPS) is 18.6. The van der Waals surface area contributed by atoms with Gasteiger partial charge in [0, 0.05) is 12.1 Å². The molecule has 1 aliphatic rings. The number of sulfone groups is 1. The minimum absolute atomic E-state index is 0.0226. The molecule has 1 heterocycles. The molecule has 1 aromatic carbocycles. The lowest BCUT2D eigenvalue weighted by Gasteiger charge is -2.26. The zero-order valence-corrected chi connectivity index (χ0v) is 12.2. The van der Waals surface area contributed by atoms with Crippen LogP contribution in [0.1, 0.15) is 22.3 Å². The molecule has 0 unspecified atom stereocenters. The van der Waals surface area contributed by atoms with Gasteiger partial charge in [-0.25, -0.2) is 8.42 Å². The van der Waals surface area contributed by atoms with Crippen molar-refractivity contribution in [2.24, 2.45) is 0 Å². The fourth-order valence-corrected chi connectivity index (χ4v) is 3.70. The highest BCUT2D eigenvalue weighted by Gasteiger charge is 2.35. The average molecular weight is 342 g/mol. The number of nitrogens with zero attached hydrogens (tertiary/aromatic N) is 1. The summed E-state index contributed by atoms with van der Waals surface area (Å²) in [7, 11) is -3.37. The average Bonchev–Trinajstić information content (AvgIpc) is 2.36. The van der Waals surface area contributed by atoms with E-state index in [0.717, 1.165) is 17.0 Å². The number of alkyl halides is 3. The monoisotopic (exact) mass is 341 g/mol. The predicted octanol–water partition coefficient (Wildman–Crippen LogP) is 2.58. The van der Waals surface area contributed by atoms with Crippen molar-refractivity contribution in [2.45, 2.75) is 12.6 Å². The summed E-state index contributed by atoms with van der Waals surface area (Å²) < 4.78 is 61.2. The van der Waals surface area contributed by atoms with Crippen molar-refractivity contribution >= 4 is 27.3 Å². The van der Waals surface area contributed by atoms with Crippen molar-refractivity contribution in [1.82, 2.24) is 4.90 Å². The third-order valence-electron chi connectivity index (χ3n) is 3.04. The van der Waals surface area contributed by atoms with Crippen molar-refractivity contribution in [3.05, 3.63) is 34.3 Å². The number of amides is 1. The molecule has 2 rings (SSSR count). The summed E-state index contributed by atoms with van der Waals surface area (Å²) in [6.45, 7) is 0.196. The van der Waals surface area contributed by atoms with Crippen molar-refractivity contribution < 1.29 is 26.4 Å². The van der Waals surface area contributed by atoms with E-state index in [1.54, 1.807) is 0 Å². The van der Waals surface area contributed by atoms with E-state index in [2.05, 4.69) is 0 Å². The van der Waals surface area contributed by atoms with E-state index in [0.29, 0.717) is 6.07 Å². The van der Waals surface area contributed by atoms with E-state index in [4.69, 9.17) is 11.6 Å². The highest BCUT2D eigenvalue weighted by Crippen LogP contribution is 2.35. The molecule has 0 saturated carbocycles. The minimum Gasteiger partial charge on any atom is -0.324 e. The van der Waals surface area contributed by atoms with Gasteiger partial charge in [-0.15, -0.1) is 0 Å². The summed E-state index contributed by atoms with van der Waals surface area (Å²) in [5.41, 5.74) is -1.35. The van der Waals surface area contributed by atoms with Crippen LogP contribution in [0.25, 0.3) is 0 Å². The summed E-state index contributed by atoms with van der Waals surface area (Å²) in [6.07, 6.45) is -4.41. The first-order chi connectivity index (χ1) is 9.60. The van der Waals surface area contributed by atoms with Crippen LogP contribution < -0.4 is 0 Å². The number of carbonyl (C=O) groups is 1. The molecule has 0 atom stereocenters. The van der Waals surface area contributed by atoms with Crippen LogP contribution >= 0.6 is 11.6 Å². The highest BCUT2D eigenvalue weighted by atomic mass is 35.5. The molecule has 21 heavy (non-hydrogen) atoms. The molecule has 1 aliphatic heterocycles. The SMILES string of the molecule is O=C(c1ccc(Cl)c(C(F)(F)F)c1)N1CCCS(=O)(=O)C1. The van der Waals surface area contributed by atoms with Crippen molar-refractivity contribution in [3.63, 3.8) is 0 Å². The number of benzene rings is 1. The Morgan fingerprint density at radius 1 is 1.29 bits per heavy atom. The Labute approximate surface area is 124 Å². The van der Waals surface area contributed by atoms with Crippen molar-refractivity contribution in [3.8, 4) is 0 Å². The van der Waals surface area contributed by atoms with E-state index >= 15 is 0 Å². The van der Waals surface area contributed by atoms with E-state index < -0.39 is 38.4 Å². The van der Waals surface area contributed by atoms with Gasteiger partial charge in [0.25, 0.3) is 5.91 Å². The first kappa shape index (κ1) is 16.1. The third-order valence-corrected chi connectivity index (χ3v) is 4.99. The van der Waals surface area contributed by atoms with Gasteiger partial charge in [0.1, 0.15) is 5.88 Å². The van der Waals surface area contributed by atoms with Crippen LogP contribution in [0.2, 0.25) is 5.02 Å². The Bertz CT molecular complexity index is 673. The van der Waals surface area contributed by atoms with E-state index in [1.165, 1.54) is 0 Å². The second-order valence-corrected chi connectivity index (χ2v) is 7.25. The van der Waals surface area contributed by atoms with Crippen LogP contribution in [0.3, 0.4) is 0 Å². The van der Waals surface area contributed by atoms with Crippen LogP contribution in [-0.2, 0) is 16.0 Å². The Morgan fingerprint density at radius 2 is 1.95 bits per heavy atom. The zero-order valence-electron chi connectivity index (χ0n) is 10.7. The fourth-order valence-electron chi connectivity index (χ4n) is 2.06. The number of halogens is 4. The second kappa shape index (κ2) is 5.49. The quantitative estimate of drug-likeness (QED) is 0.789. The molecule has 1 aromatic rings. The summed E-state index contributed by atoms with van der Waals surface area (Å²) in [5, 5.41) is -0.509. The molecule has 1 saturated heterocycles. The van der Waals surface area contributed by atoms with Gasteiger partial charge in [-0.1, -0.05) is 11.6 Å². The molecule has 0 bridgehead atoms. The number of hydrogen-bond donors (Lipinski definition) is 0. The lowest BCUT2D eigenvalue weighted by atomic mass is 10.1. The van der Waals surface area contributed by atoms with Crippen LogP contribution in [0, 0.1) is 0 Å². The number of rotatable bonds is 1. The maximum atomic E-state index is 12.8. The number of hydrogen-bond acceptors (Lipinski definition) is 3. The van der Waals surface area contributed by atoms with Gasteiger partial charge in [0.2, 0.25) is 0 Å². The maximum absolute atomic E-state index is 12.8. The predicted molar refractivity (Wildman–Crippen MR) is 70.8 cm³/mol. The van der Waals surface area contributed by atoms with Gasteiger partial charge in [-0.3, -0.25) is 4.79 Å². The Balaban J connectivity index is 2.32. The molecule has 0 N–H and O–H groups in total. The van der Waals surface area contributed by atoms with Crippen molar-refractivity contribution in [2.75, 3.05) is 18.2 Å². The van der Waals surface area contributed by atoms with E-state index in [-0.39, 0.29) is 24.3 Å². The van der Waals surface area contributed by atoms with Crippen LogP contribution in [0.4, 0.5) is 13.2 Å². The lowest BCUT2D eigenvalue weighted by molar-refractivity contribution is -0.137. The van der Waals surface area contributed by atoms with Crippen molar-refractivity contribution in [1.29, 1.82) is 0 Å². The first-order valence-electron chi connectivity index (χ1n) is 5.96. The highest BCUT2D eigenvalue weighted by molar-refractivity contribution is 7.91. The van der Waals surface area contributed by atoms with Crippen LogP contribution in [-0.4, -0.2) is 37.4 Å². The molecule has 0 aliphatic carbocycles. The summed E-state index contributed by atoms with van der Waals surface area (Å²) >= 11 is 5.48.